The van der Waals surface area contributed by atoms with Gasteiger partial charge in [-0.3, -0.25) is 14.8 Å². The lowest BCUT2D eigenvalue weighted by atomic mass is 10.2. The Morgan fingerprint density at radius 1 is 1.15 bits per heavy atom. The van der Waals surface area contributed by atoms with E-state index < -0.39 is 12.1 Å². The molecule has 34 heavy (non-hydrogen) atoms. The van der Waals surface area contributed by atoms with Gasteiger partial charge in [-0.1, -0.05) is 0 Å². The molecule has 2 N–H and O–H groups in total. The molecule has 1 aliphatic rings. The zero-order valence-electron chi connectivity index (χ0n) is 18.1. The topological polar surface area (TPSA) is 134 Å². The molecule has 0 spiro atoms. The van der Waals surface area contributed by atoms with Crippen molar-refractivity contribution in [1.82, 2.24) is 30.5 Å². The average molecular weight is 495 g/mol. The van der Waals surface area contributed by atoms with E-state index >= 15 is 0 Å². The van der Waals surface area contributed by atoms with Crippen LogP contribution >= 0.6 is 11.3 Å². The van der Waals surface area contributed by atoms with Crippen LogP contribution in [0.3, 0.4) is 0 Å². The summed E-state index contributed by atoms with van der Waals surface area (Å²) in [4.78, 5) is 37.6. The van der Waals surface area contributed by atoms with Crippen molar-refractivity contribution in [1.29, 1.82) is 0 Å². The monoisotopic (exact) mass is 495 g/mol. The van der Waals surface area contributed by atoms with Crippen LogP contribution in [0.25, 0.3) is 0 Å². The number of aryl methyl sites for hydroxylation is 3. The smallest absolute Gasteiger partial charge is 0.475 e. The van der Waals surface area contributed by atoms with Crippen LogP contribution in [0.2, 0.25) is 0 Å². The molecule has 1 amide bonds. The number of carbonyl (C=O) groups excluding carboxylic acids is 1. The highest BCUT2D eigenvalue weighted by molar-refractivity contribution is 7.14. The lowest BCUT2D eigenvalue weighted by Crippen LogP contribution is -2.26. The Labute approximate surface area is 195 Å². The van der Waals surface area contributed by atoms with Crippen molar-refractivity contribution in [2.45, 2.75) is 39.4 Å². The Bertz CT molecular complexity index is 1150. The molecule has 0 radical (unpaired) electrons. The number of rotatable bonds is 4. The molecular formula is C20H20F3N7O3S. The first-order valence-corrected chi connectivity index (χ1v) is 10.8. The second-order valence-electron chi connectivity index (χ2n) is 7.19. The molecule has 1 aliphatic heterocycles. The molecule has 3 aromatic rings. The maximum Gasteiger partial charge on any atom is 0.490 e. The first-order valence-electron chi connectivity index (χ1n) is 9.98. The molecule has 3 aromatic heterocycles. The molecule has 0 unspecified atom stereocenters. The molecule has 0 aliphatic carbocycles. The van der Waals surface area contributed by atoms with E-state index in [0.717, 1.165) is 47.3 Å². The molecule has 180 valence electrons. The number of thiazole rings is 1. The van der Waals surface area contributed by atoms with Crippen LogP contribution in [0.5, 0.6) is 0 Å². The van der Waals surface area contributed by atoms with E-state index in [1.54, 1.807) is 12.4 Å². The van der Waals surface area contributed by atoms with Gasteiger partial charge in [-0.25, -0.2) is 9.78 Å². The van der Waals surface area contributed by atoms with E-state index in [1.165, 1.54) is 11.3 Å². The van der Waals surface area contributed by atoms with E-state index in [2.05, 4.69) is 30.5 Å². The van der Waals surface area contributed by atoms with Crippen molar-refractivity contribution < 1.29 is 27.9 Å². The number of nitrogens with zero attached hydrogens (tertiary/aromatic N) is 6. The standard InChI is InChI=1S/C18H19N7OS.C2HF3O2/c1-11-5-6-15(24-23-11)25-7-3-4-14-16(25)22-18(27-14)17(26)21-10-13-9-19-12(2)8-20-13;3-2(4,5)1(6)7/h5-6,8-9H,3-4,7,10H2,1-2H3,(H,21,26);(H,6,7). The number of halogens is 3. The van der Waals surface area contributed by atoms with Crippen molar-refractivity contribution in [2.75, 3.05) is 11.4 Å². The molecule has 0 aromatic carbocycles. The number of amides is 1. The number of carboxylic acid groups (broad SMARTS) is 1. The van der Waals surface area contributed by atoms with Crippen LogP contribution in [-0.4, -0.2) is 54.9 Å². The Morgan fingerprint density at radius 2 is 1.88 bits per heavy atom. The van der Waals surface area contributed by atoms with E-state index in [9.17, 15) is 18.0 Å². The molecule has 0 saturated carbocycles. The summed E-state index contributed by atoms with van der Waals surface area (Å²) in [6.45, 7) is 4.92. The molecular weight excluding hydrogens is 475 g/mol. The highest BCUT2D eigenvalue weighted by Gasteiger charge is 2.38. The molecule has 0 bridgehead atoms. The van der Waals surface area contributed by atoms with Crippen molar-refractivity contribution in [3.05, 3.63) is 51.5 Å². The molecule has 14 heteroatoms. The van der Waals surface area contributed by atoms with Crippen molar-refractivity contribution in [3.63, 3.8) is 0 Å². The third kappa shape index (κ3) is 6.43. The van der Waals surface area contributed by atoms with Crippen LogP contribution in [0.1, 0.15) is 38.2 Å². The van der Waals surface area contributed by atoms with Crippen LogP contribution in [0.15, 0.2) is 24.5 Å². The van der Waals surface area contributed by atoms with Crippen LogP contribution in [0, 0.1) is 13.8 Å². The van der Waals surface area contributed by atoms with Gasteiger partial charge in [-0.05, 0) is 38.8 Å². The van der Waals surface area contributed by atoms with Gasteiger partial charge in [-0.2, -0.15) is 18.3 Å². The number of nitrogens with one attached hydrogen (secondary N) is 1. The zero-order valence-corrected chi connectivity index (χ0v) is 18.9. The first-order chi connectivity index (χ1) is 16.0. The molecule has 0 fully saturated rings. The van der Waals surface area contributed by atoms with Gasteiger partial charge in [0.05, 0.1) is 29.8 Å². The van der Waals surface area contributed by atoms with Gasteiger partial charge in [0.2, 0.25) is 0 Å². The quantitative estimate of drug-likeness (QED) is 0.560. The minimum absolute atomic E-state index is 0.202. The van der Waals surface area contributed by atoms with Gasteiger partial charge in [-0.15, -0.1) is 16.4 Å². The van der Waals surface area contributed by atoms with E-state index in [-0.39, 0.29) is 5.91 Å². The SMILES string of the molecule is Cc1cnc(CNC(=O)c2nc3c(s2)CCCN3c2ccc(C)nn2)cn1.O=C(O)C(F)(F)F. The third-order valence-electron chi connectivity index (χ3n) is 4.48. The van der Waals surface area contributed by atoms with Crippen LogP contribution < -0.4 is 10.2 Å². The highest BCUT2D eigenvalue weighted by atomic mass is 32.1. The Kier molecular flexibility index (Phi) is 7.71. The number of carbonyl (C=O) groups is 2. The largest absolute Gasteiger partial charge is 0.490 e. The van der Waals surface area contributed by atoms with Gasteiger partial charge in [0, 0.05) is 17.6 Å². The van der Waals surface area contributed by atoms with Gasteiger partial charge < -0.3 is 15.3 Å². The maximum absolute atomic E-state index is 12.5. The minimum Gasteiger partial charge on any atom is -0.475 e. The average Bonchev–Trinajstić information content (AvgIpc) is 3.23. The van der Waals surface area contributed by atoms with Crippen LogP contribution in [0.4, 0.5) is 24.8 Å². The molecule has 0 saturated heterocycles. The van der Waals surface area contributed by atoms with E-state index in [1.807, 2.05) is 30.9 Å². The second kappa shape index (κ2) is 10.5. The number of fused-ring (bicyclic) bond motifs is 1. The Morgan fingerprint density at radius 3 is 2.47 bits per heavy atom. The van der Waals surface area contributed by atoms with Gasteiger partial charge in [0.25, 0.3) is 5.91 Å². The lowest BCUT2D eigenvalue weighted by molar-refractivity contribution is -0.192. The number of alkyl halides is 3. The number of aromatic nitrogens is 5. The Hall–Kier alpha value is -3.68. The first kappa shape index (κ1) is 25.0. The van der Waals surface area contributed by atoms with Crippen LogP contribution in [-0.2, 0) is 17.8 Å². The van der Waals surface area contributed by atoms with Crippen molar-refractivity contribution >= 4 is 34.8 Å². The van der Waals surface area contributed by atoms with E-state index in [0.29, 0.717) is 17.2 Å². The summed E-state index contributed by atoms with van der Waals surface area (Å²) in [6.07, 6.45) is 0.175. The summed E-state index contributed by atoms with van der Waals surface area (Å²) in [6, 6.07) is 3.87. The molecule has 0 atom stereocenters. The third-order valence-corrected chi connectivity index (χ3v) is 5.58. The Balaban J connectivity index is 0.000000406. The normalized spacial score (nSPS) is 12.9. The molecule has 4 rings (SSSR count). The number of aliphatic carboxylic acids is 1. The molecule has 10 nitrogen and oxygen atoms in total. The minimum atomic E-state index is -5.08. The summed E-state index contributed by atoms with van der Waals surface area (Å²) in [5.74, 6) is -1.39. The summed E-state index contributed by atoms with van der Waals surface area (Å²) < 4.78 is 31.7. The maximum atomic E-state index is 12.5. The van der Waals surface area contributed by atoms with E-state index in [4.69, 9.17) is 9.90 Å². The fraction of sp³-hybridized carbons (Fsp3) is 0.350. The van der Waals surface area contributed by atoms with Crippen molar-refractivity contribution in [3.8, 4) is 0 Å². The fourth-order valence-corrected chi connectivity index (χ4v) is 3.86. The number of carboxylic acids is 1. The summed E-state index contributed by atoms with van der Waals surface area (Å²) in [7, 11) is 0. The number of anilines is 2. The summed E-state index contributed by atoms with van der Waals surface area (Å²) >= 11 is 1.43. The predicted octanol–water partition coefficient (Wildman–Crippen LogP) is 2.99. The fourth-order valence-electron chi connectivity index (χ4n) is 2.83. The summed E-state index contributed by atoms with van der Waals surface area (Å²) in [5, 5.41) is 18.8. The van der Waals surface area contributed by atoms with Gasteiger partial charge >= 0.3 is 12.1 Å². The number of hydrogen-bond acceptors (Lipinski definition) is 9. The molecule has 4 heterocycles. The predicted molar refractivity (Wildman–Crippen MR) is 116 cm³/mol. The second-order valence-corrected chi connectivity index (χ2v) is 8.27. The highest BCUT2D eigenvalue weighted by Crippen LogP contribution is 2.35. The lowest BCUT2D eigenvalue weighted by Gasteiger charge is -2.25. The van der Waals surface area contributed by atoms with Crippen molar-refractivity contribution in [2.24, 2.45) is 0 Å². The van der Waals surface area contributed by atoms with Gasteiger partial charge in [0.1, 0.15) is 5.82 Å². The number of hydrogen-bond donors (Lipinski definition) is 2. The van der Waals surface area contributed by atoms with Gasteiger partial charge in [0.15, 0.2) is 10.8 Å². The summed E-state index contributed by atoms with van der Waals surface area (Å²) in [5.41, 5.74) is 2.43. The zero-order chi connectivity index (χ0) is 24.9.